The summed E-state index contributed by atoms with van der Waals surface area (Å²) in [5, 5.41) is 5.10. The highest BCUT2D eigenvalue weighted by atomic mass is 16.5. The van der Waals surface area contributed by atoms with Crippen LogP contribution in [0.4, 0.5) is 0 Å². The minimum Gasteiger partial charge on any atom is -0.464 e. The van der Waals surface area contributed by atoms with Crippen LogP contribution in [0.2, 0.25) is 0 Å². The first-order valence-electron chi connectivity index (χ1n) is 6.19. The Bertz CT molecular complexity index is 793. The first kappa shape index (κ1) is 12.3. The van der Waals surface area contributed by atoms with Gasteiger partial charge in [0.25, 0.3) is 0 Å². The summed E-state index contributed by atoms with van der Waals surface area (Å²) in [6.45, 7) is 2.01. The zero-order valence-corrected chi connectivity index (χ0v) is 11.2. The summed E-state index contributed by atoms with van der Waals surface area (Å²) < 4.78 is 6.49. The van der Waals surface area contributed by atoms with E-state index < -0.39 is 5.97 Å². The molecule has 100 valence electrons. The van der Waals surface area contributed by atoms with Gasteiger partial charge in [-0.1, -0.05) is 12.1 Å². The van der Waals surface area contributed by atoms with Crippen molar-refractivity contribution >= 4 is 16.9 Å². The maximum Gasteiger partial charge on any atom is 0.359 e. The lowest BCUT2D eigenvalue weighted by atomic mass is 10.2. The molecular weight excluding hydrogens is 254 g/mol. The molecule has 3 rings (SSSR count). The average molecular weight is 267 g/mol. The molecule has 0 amide bonds. The highest BCUT2D eigenvalue weighted by molar-refractivity contribution is 6.02. The number of rotatable bonds is 2. The normalized spacial score (nSPS) is 10.7. The van der Waals surface area contributed by atoms with Crippen molar-refractivity contribution in [2.45, 2.75) is 6.92 Å². The summed E-state index contributed by atoms with van der Waals surface area (Å²) in [7, 11) is 1.35. The van der Waals surface area contributed by atoms with Gasteiger partial charge in [-0.2, -0.15) is 5.10 Å². The Morgan fingerprint density at radius 3 is 2.90 bits per heavy atom. The van der Waals surface area contributed by atoms with Crippen LogP contribution < -0.4 is 0 Å². The number of hydrogen-bond donors (Lipinski definition) is 0. The fourth-order valence-corrected chi connectivity index (χ4v) is 2.17. The van der Waals surface area contributed by atoms with E-state index in [0.717, 1.165) is 22.2 Å². The Morgan fingerprint density at radius 2 is 2.15 bits per heavy atom. The highest BCUT2D eigenvalue weighted by Crippen LogP contribution is 2.22. The molecule has 5 heteroatoms. The topological polar surface area (TPSA) is 57.0 Å². The first-order valence-corrected chi connectivity index (χ1v) is 6.19. The van der Waals surface area contributed by atoms with Crippen LogP contribution in [0.1, 0.15) is 16.1 Å². The molecule has 2 aromatic heterocycles. The summed E-state index contributed by atoms with van der Waals surface area (Å²) in [5.41, 5.74) is 3.08. The predicted molar refractivity (Wildman–Crippen MR) is 74.9 cm³/mol. The van der Waals surface area contributed by atoms with Crippen molar-refractivity contribution in [1.82, 2.24) is 14.8 Å². The third-order valence-corrected chi connectivity index (χ3v) is 3.11. The summed E-state index contributed by atoms with van der Waals surface area (Å²) >= 11 is 0. The molecular formula is C15H13N3O2. The Balaban J connectivity index is 2.29. The monoisotopic (exact) mass is 267 g/mol. The Morgan fingerprint density at radius 1 is 1.30 bits per heavy atom. The van der Waals surface area contributed by atoms with Gasteiger partial charge >= 0.3 is 5.97 Å². The van der Waals surface area contributed by atoms with E-state index in [2.05, 4.69) is 10.1 Å². The van der Waals surface area contributed by atoms with Crippen molar-refractivity contribution < 1.29 is 9.53 Å². The van der Waals surface area contributed by atoms with Gasteiger partial charge in [-0.25, -0.2) is 9.48 Å². The number of pyridine rings is 1. The third kappa shape index (κ3) is 1.93. The van der Waals surface area contributed by atoms with Crippen molar-refractivity contribution in [3.63, 3.8) is 0 Å². The Kier molecular flexibility index (Phi) is 2.95. The van der Waals surface area contributed by atoms with E-state index in [0.29, 0.717) is 5.69 Å². The number of esters is 1. The van der Waals surface area contributed by atoms with Crippen LogP contribution >= 0.6 is 0 Å². The minimum atomic E-state index is -0.451. The second-order valence-electron chi connectivity index (χ2n) is 4.48. The standard InChI is InChI=1S/C15H13N3O2/c1-10-4-3-5-11(8-10)18-13-9-16-7-6-12(13)14(17-18)15(19)20-2/h3-9H,1-2H3. The summed E-state index contributed by atoms with van der Waals surface area (Å²) in [6, 6.07) is 9.66. The number of benzene rings is 1. The molecule has 0 atom stereocenters. The molecule has 3 aromatic rings. The molecule has 0 saturated heterocycles. The molecule has 20 heavy (non-hydrogen) atoms. The van der Waals surface area contributed by atoms with E-state index in [-0.39, 0.29) is 0 Å². The van der Waals surface area contributed by atoms with E-state index in [1.807, 2.05) is 31.2 Å². The van der Waals surface area contributed by atoms with Crippen molar-refractivity contribution in [3.8, 4) is 5.69 Å². The van der Waals surface area contributed by atoms with Gasteiger partial charge in [0.1, 0.15) is 0 Å². The molecule has 0 aliphatic carbocycles. The molecule has 1 aromatic carbocycles. The molecule has 0 saturated carbocycles. The minimum absolute atomic E-state index is 0.298. The van der Waals surface area contributed by atoms with E-state index in [9.17, 15) is 4.79 Å². The number of methoxy groups -OCH3 is 1. The van der Waals surface area contributed by atoms with Gasteiger partial charge in [0.05, 0.1) is 24.5 Å². The fraction of sp³-hybridized carbons (Fsp3) is 0.133. The smallest absolute Gasteiger partial charge is 0.359 e. The molecule has 0 bridgehead atoms. The van der Waals surface area contributed by atoms with Crippen LogP contribution in [0.5, 0.6) is 0 Å². The number of fused-ring (bicyclic) bond motifs is 1. The molecule has 0 aliphatic rings. The van der Waals surface area contributed by atoms with Crippen molar-refractivity contribution in [3.05, 3.63) is 54.0 Å². The van der Waals surface area contributed by atoms with Crippen molar-refractivity contribution in [1.29, 1.82) is 0 Å². The SMILES string of the molecule is COC(=O)c1nn(-c2cccc(C)c2)c2cnccc12. The largest absolute Gasteiger partial charge is 0.464 e. The third-order valence-electron chi connectivity index (χ3n) is 3.11. The second kappa shape index (κ2) is 4.77. The number of nitrogens with zero attached hydrogens (tertiary/aromatic N) is 3. The van der Waals surface area contributed by atoms with Gasteiger partial charge < -0.3 is 4.74 Å². The number of carbonyl (C=O) groups excluding carboxylic acids is 1. The van der Waals surface area contributed by atoms with Crippen LogP contribution in [0.3, 0.4) is 0 Å². The number of carbonyl (C=O) groups is 1. The van der Waals surface area contributed by atoms with Crippen LogP contribution in [-0.2, 0) is 4.74 Å². The highest BCUT2D eigenvalue weighted by Gasteiger charge is 2.18. The molecule has 0 unspecified atom stereocenters. The average Bonchev–Trinajstić information content (AvgIpc) is 2.86. The Hall–Kier alpha value is -2.69. The Labute approximate surface area is 115 Å². The van der Waals surface area contributed by atoms with Gasteiger partial charge in [-0.05, 0) is 30.7 Å². The molecule has 0 radical (unpaired) electrons. The lowest BCUT2D eigenvalue weighted by molar-refractivity contribution is 0.0595. The molecule has 2 heterocycles. The van der Waals surface area contributed by atoms with Gasteiger partial charge in [0.2, 0.25) is 0 Å². The van der Waals surface area contributed by atoms with Crippen molar-refractivity contribution in [2.24, 2.45) is 0 Å². The van der Waals surface area contributed by atoms with E-state index in [1.54, 1.807) is 23.1 Å². The van der Waals surface area contributed by atoms with Gasteiger partial charge in [-0.15, -0.1) is 0 Å². The quantitative estimate of drug-likeness (QED) is 0.669. The lowest BCUT2D eigenvalue weighted by Crippen LogP contribution is -2.04. The first-order chi connectivity index (χ1) is 9.70. The number of hydrogen-bond acceptors (Lipinski definition) is 4. The molecule has 0 N–H and O–H groups in total. The van der Waals surface area contributed by atoms with Crippen molar-refractivity contribution in [2.75, 3.05) is 7.11 Å². The zero-order valence-electron chi connectivity index (χ0n) is 11.2. The van der Waals surface area contributed by atoms with Crippen LogP contribution in [-0.4, -0.2) is 27.8 Å². The summed E-state index contributed by atoms with van der Waals surface area (Å²) in [5.74, 6) is -0.451. The maximum atomic E-state index is 11.8. The fourth-order valence-electron chi connectivity index (χ4n) is 2.17. The second-order valence-corrected chi connectivity index (χ2v) is 4.48. The van der Waals surface area contributed by atoms with Crippen LogP contribution in [0, 0.1) is 6.92 Å². The summed E-state index contributed by atoms with van der Waals surface area (Å²) in [6.07, 6.45) is 3.33. The van der Waals surface area contributed by atoms with Crippen LogP contribution in [0.25, 0.3) is 16.6 Å². The number of aromatic nitrogens is 3. The van der Waals surface area contributed by atoms with Gasteiger partial charge in [0.15, 0.2) is 5.69 Å². The molecule has 0 aliphatic heterocycles. The molecule has 5 nitrogen and oxygen atoms in total. The number of aryl methyl sites for hydroxylation is 1. The summed E-state index contributed by atoms with van der Waals surface area (Å²) in [4.78, 5) is 15.9. The molecule has 0 spiro atoms. The van der Waals surface area contributed by atoms with Gasteiger partial charge in [0, 0.05) is 11.6 Å². The van der Waals surface area contributed by atoms with E-state index in [4.69, 9.17) is 4.74 Å². The maximum absolute atomic E-state index is 11.8. The number of ether oxygens (including phenoxy) is 1. The predicted octanol–water partition coefficient (Wildman–Crippen LogP) is 2.52. The lowest BCUT2D eigenvalue weighted by Gasteiger charge is -2.03. The van der Waals surface area contributed by atoms with Gasteiger partial charge in [-0.3, -0.25) is 4.98 Å². The molecule has 0 fully saturated rings. The van der Waals surface area contributed by atoms with E-state index in [1.165, 1.54) is 7.11 Å². The van der Waals surface area contributed by atoms with E-state index >= 15 is 0 Å². The van der Waals surface area contributed by atoms with Crippen LogP contribution in [0.15, 0.2) is 42.7 Å². The zero-order chi connectivity index (χ0) is 14.1.